The molecule has 0 bridgehead atoms. The van der Waals surface area contributed by atoms with Crippen LogP contribution in [0.5, 0.6) is 0 Å². The lowest BCUT2D eigenvalue weighted by molar-refractivity contribution is -0.131. The van der Waals surface area contributed by atoms with Crippen LogP contribution in [-0.4, -0.2) is 24.0 Å². The van der Waals surface area contributed by atoms with Crippen LogP contribution >= 0.6 is 0 Å². The van der Waals surface area contributed by atoms with E-state index in [1.54, 1.807) is 13.0 Å². The zero-order valence-electron chi connectivity index (χ0n) is 11.9. The molecule has 0 saturated heterocycles. The van der Waals surface area contributed by atoms with Crippen molar-refractivity contribution in [2.75, 3.05) is 0 Å². The normalized spacial score (nSPS) is 10.3. The van der Waals surface area contributed by atoms with Crippen LogP contribution in [0, 0.1) is 6.92 Å². The molecule has 2 aromatic carbocycles. The fourth-order valence-electron chi connectivity index (χ4n) is 1.82. The van der Waals surface area contributed by atoms with Crippen molar-refractivity contribution in [1.82, 2.24) is 0 Å². The molecule has 22 heavy (non-hydrogen) atoms. The molecule has 0 amide bonds. The maximum absolute atomic E-state index is 11.2. The summed E-state index contributed by atoms with van der Waals surface area (Å²) in [4.78, 5) is 9.21. The molecule has 6 heteroatoms. The van der Waals surface area contributed by atoms with Crippen molar-refractivity contribution < 1.29 is 22.9 Å². The Hall–Kier alpha value is -2.44. The minimum absolute atomic E-state index is 0.0427. The van der Waals surface area contributed by atoms with E-state index >= 15 is 0 Å². The Morgan fingerprint density at radius 1 is 1.09 bits per heavy atom. The average Bonchev–Trinajstić information content (AvgIpc) is 2.47. The molecular weight excluding hydrogens is 304 g/mol. The van der Waals surface area contributed by atoms with Gasteiger partial charge in [0.2, 0.25) is 0 Å². The van der Waals surface area contributed by atoms with Gasteiger partial charge in [0.05, 0.1) is 4.90 Å². The van der Waals surface area contributed by atoms with Gasteiger partial charge in [0.15, 0.2) is 0 Å². The second-order valence-electron chi connectivity index (χ2n) is 4.31. The quantitative estimate of drug-likeness (QED) is 0.669. The molecule has 2 aromatic rings. The molecule has 0 fully saturated rings. The predicted octanol–water partition coefficient (Wildman–Crippen LogP) is 3.17. The highest BCUT2D eigenvalue weighted by molar-refractivity contribution is 7.85. The van der Waals surface area contributed by atoms with Gasteiger partial charge in [-0.2, -0.15) is 8.42 Å². The summed E-state index contributed by atoms with van der Waals surface area (Å²) in [7, 11) is -4.16. The first-order valence-corrected chi connectivity index (χ1v) is 7.69. The molecule has 0 aliphatic rings. The molecule has 0 atom stereocenters. The first-order chi connectivity index (χ1) is 10.3. The SMILES string of the molecule is C=CC(=O)O.Cc1c(-c2ccccc2)cccc1S(=O)(=O)O. The van der Waals surface area contributed by atoms with Crippen LogP contribution in [0.1, 0.15) is 5.56 Å². The summed E-state index contributed by atoms with van der Waals surface area (Å²) in [5.41, 5.74) is 2.29. The van der Waals surface area contributed by atoms with Crippen molar-refractivity contribution in [3.8, 4) is 11.1 Å². The Bertz CT molecular complexity index is 764. The third-order valence-corrected chi connectivity index (χ3v) is 3.82. The van der Waals surface area contributed by atoms with Gasteiger partial charge in [-0.25, -0.2) is 4.79 Å². The Morgan fingerprint density at radius 2 is 1.64 bits per heavy atom. The van der Waals surface area contributed by atoms with E-state index in [-0.39, 0.29) is 4.90 Å². The van der Waals surface area contributed by atoms with Crippen LogP contribution in [0.4, 0.5) is 0 Å². The molecule has 5 nitrogen and oxygen atoms in total. The van der Waals surface area contributed by atoms with Gasteiger partial charge in [-0.15, -0.1) is 0 Å². The highest BCUT2D eigenvalue weighted by atomic mass is 32.2. The van der Waals surface area contributed by atoms with Gasteiger partial charge in [-0.3, -0.25) is 4.55 Å². The standard InChI is InChI=1S/C13H12O3S.C3H4O2/c1-10-12(11-6-3-2-4-7-11)8-5-9-13(10)17(14,15)16;1-2-3(4)5/h2-9H,1H3,(H,14,15,16);2H,1H2,(H,4,5). The second-order valence-corrected chi connectivity index (χ2v) is 5.70. The average molecular weight is 320 g/mol. The summed E-state index contributed by atoms with van der Waals surface area (Å²) in [6, 6.07) is 14.3. The highest BCUT2D eigenvalue weighted by Gasteiger charge is 2.15. The number of hydrogen-bond donors (Lipinski definition) is 2. The summed E-state index contributed by atoms with van der Waals surface area (Å²) >= 11 is 0. The van der Waals surface area contributed by atoms with E-state index in [1.165, 1.54) is 6.07 Å². The Balaban J connectivity index is 0.000000422. The maximum atomic E-state index is 11.2. The minimum atomic E-state index is -4.16. The Kier molecular flexibility index (Phi) is 6.03. The molecule has 2 rings (SSSR count). The Morgan fingerprint density at radius 3 is 2.09 bits per heavy atom. The topological polar surface area (TPSA) is 91.7 Å². The number of carbonyl (C=O) groups is 1. The van der Waals surface area contributed by atoms with Crippen LogP contribution in [0.2, 0.25) is 0 Å². The molecule has 0 unspecified atom stereocenters. The third kappa shape index (κ3) is 4.83. The zero-order chi connectivity index (χ0) is 16.8. The molecule has 0 aromatic heterocycles. The summed E-state index contributed by atoms with van der Waals surface area (Å²) < 4.78 is 31.5. The van der Waals surface area contributed by atoms with Gasteiger partial charge in [0, 0.05) is 6.08 Å². The van der Waals surface area contributed by atoms with E-state index in [0.717, 1.165) is 17.2 Å². The maximum Gasteiger partial charge on any atom is 0.327 e. The fourth-order valence-corrected chi connectivity index (χ4v) is 2.57. The largest absolute Gasteiger partial charge is 0.478 e. The summed E-state index contributed by atoms with van der Waals surface area (Å²) in [5, 5.41) is 7.60. The van der Waals surface area contributed by atoms with Crippen LogP contribution in [0.3, 0.4) is 0 Å². The van der Waals surface area contributed by atoms with Gasteiger partial charge in [-0.05, 0) is 29.7 Å². The van der Waals surface area contributed by atoms with Gasteiger partial charge in [0.25, 0.3) is 10.1 Å². The van der Waals surface area contributed by atoms with Gasteiger partial charge in [-0.1, -0.05) is 49.0 Å². The van der Waals surface area contributed by atoms with Crippen molar-refractivity contribution >= 4 is 16.1 Å². The lowest BCUT2D eigenvalue weighted by Crippen LogP contribution is -2.01. The Labute approximate surface area is 129 Å². The molecule has 0 radical (unpaired) electrons. The number of benzene rings is 2. The predicted molar refractivity (Wildman–Crippen MR) is 84.3 cm³/mol. The summed E-state index contributed by atoms with van der Waals surface area (Å²) in [5.74, 6) is -0.981. The molecule has 2 N–H and O–H groups in total. The van der Waals surface area contributed by atoms with Gasteiger partial charge < -0.3 is 5.11 Å². The smallest absolute Gasteiger partial charge is 0.327 e. The molecular formula is C16H16O5S. The number of hydrogen-bond acceptors (Lipinski definition) is 3. The van der Waals surface area contributed by atoms with Gasteiger partial charge >= 0.3 is 5.97 Å². The lowest BCUT2D eigenvalue weighted by atomic mass is 10.0. The van der Waals surface area contributed by atoms with Crippen molar-refractivity contribution in [2.45, 2.75) is 11.8 Å². The molecule has 0 saturated carbocycles. The van der Waals surface area contributed by atoms with Gasteiger partial charge in [0.1, 0.15) is 0 Å². The van der Waals surface area contributed by atoms with Crippen LogP contribution in [-0.2, 0) is 14.9 Å². The van der Waals surface area contributed by atoms with Crippen LogP contribution in [0.25, 0.3) is 11.1 Å². The van der Waals surface area contributed by atoms with Crippen molar-refractivity contribution in [1.29, 1.82) is 0 Å². The van der Waals surface area contributed by atoms with E-state index in [0.29, 0.717) is 5.56 Å². The second kappa shape index (κ2) is 7.53. The number of carboxylic acid groups (broad SMARTS) is 1. The van der Waals surface area contributed by atoms with E-state index in [1.807, 2.05) is 36.4 Å². The van der Waals surface area contributed by atoms with Crippen molar-refractivity contribution in [3.05, 3.63) is 66.7 Å². The van der Waals surface area contributed by atoms with Crippen LogP contribution < -0.4 is 0 Å². The van der Waals surface area contributed by atoms with E-state index in [2.05, 4.69) is 6.58 Å². The van der Waals surface area contributed by atoms with E-state index in [9.17, 15) is 13.2 Å². The first-order valence-electron chi connectivity index (χ1n) is 6.25. The highest BCUT2D eigenvalue weighted by Crippen LogP contribution is 2.27. The molecule has 0 aliphatic heterocycles. The lowest BCUT2D eigenvalue weighted by Gasteiger charge is -2.09. The summed E-state index contributed by atoms with van der Waals surface area (Å²) in [6.45, 7) is 4.65. The van der Waals surface area contributed by atoms with E-state index < -0.39 is 16.1 Å². The molecule has 116 valence electrons. The third-order valence-electron chi connectivity index (χ3n) is 2.82. The zero-order valence-corrected chi connectivity index (χ0v) is 12.7. The van der Waals surface area contributed by atoms with Crippen LogP contribution in [0.15, 0.2) is 66.1 Å². The number of aliphatic carboxylic acids is 1. The fraction of sp³-hybridized carbons (Fsp3) is 0.0625. The van der Waals surface area contributed by atoms with Crippen molar-refractivity contribution in [3.63, 3.8) is 0 Å². The van der Waals surface area contributed by atoms with E-state index in [4.69, 9.17) is 9.66 Å². The first kappa shape index (κ1) is 17.6. The van der Waals surface area contributed by atoms with Crippen molar-refractivity contribution in [2.24, 2.45) is 0 Å². The number of carboxylic acids is 1. The molecule has 0 spiro atoms. The minimum Gasteiger partial charge on any atom is -0.478 e. The number of rotatable bonds is 3. The summed E-state index contributed by atoms with van der Waals surface area (Å²) in [6.07, 6.45) is 0.833. The molecule has 0 heterocycles. The molecule has 0 aliphatic carbocycles. The monoisotopic (exact) mass is 320 g/mol.